The Morgan fingerprint density at radius 2 is 2.12 bits per heavy atom. The zero-order valence-corrected chi connectivity index (χ0v) is 15.0. The van der Waals surface area contributed by atoms with Gasteiger partial charge in [-0.2, -0.15) is 0 Å². The largest absolute Gasteiger partial charge is 0.454 e. The van der Waals surface area contributed by atoms with Crippen molar-refractivity contribution in [1.82, 2.24) is 14.5 Å². The summed E-state index contributed by atoms with van der Waals surface area (Å²) < 4.78 is 11.9. The molecule has 26 heavy (non-hydrogen) atoms. The average molecular weight is 369 g/mol. The van der Waals surface area contributed by atoms with Gasteiger partial charge < -0.3 is 9.15 Å². The Balaban J connectivity index is 1.49. The van der Waals surface area contributed by atoms with Crippen molar-refractivity contribution in [2.75, 3.05) is 0 Å². The van der Waals surface area contributed by atoms with E-state index in [1.807, 2.05) is 32.0 Å². The Kier molecular flexibility index (Phi) is 4.04. The van der Waals surface area contributed by atoms with Gasteiger partial charge in [0.25, 0.3) is 5.56 Å². The van der Waals surface area contributed by atoms with E-state index in [0.717, 1.165) is 10.4 Å². The van der Waals surface area contributed by atoms with Crippen molar-refractivity contribution in [3.8, 4) is 0 Å². The summed E-state index contributed by atoms with van der Waals surface area (Å²) in [5.41, 5.74) is 1.99. The first kappa shape index (κ1) is 16.5. The number of hydrogen-bond acceptors (Lipinski definition) is 7. The van der Waals surface area contributed by atoms with E-state index in [9.17, 15) is 9.59 Å². The summed E-state index contributed by atoms with van der Waals surface area (Å²) >= 11 is 1.47. The fourth-order valence-electron chi connectivity index (χ4n) is 2.69. The molecule has 0 aliphatic heterocycles. The molecule has 8 heteroatoms. The van der Waals surface area contributed by atoms with Crippen molar-refractivity contribution in [1.29, 1.82) is 0 Å². The number of benzene rings is 1. The van der Waals surface area contributed by atoms with Crippen LogP contribution in [0.1, 0.15) is 16.3 Å². The molecule has 0 atom stereocenters. The molecule has 1 aromatic carbocycles. The number of ether oxygens (including phenoxy) is 1. The Labute approximate surface area is 151 Å². The molecule has 7 nitrogen and oxygen atoms in total. The molecule has 0 unspecified atom stereocenters. The number of oxazole rings is 1. The normalized spacial score (nSPS) is 11.3. The molecule has 0 fully saturated rings. The Morgan fingerprint density at radius 3 is 2.92 bits per heavy atom. The van der Waals surface area contributed by atoms with Gasteiger partial charge in [0, 0.05) is 4.88 Å². The molecule has 0 bridgehead atoms. The van der Waals surface area contributed by atoms with Crippen LogP contribution in [0.2, 0.25) is 0 Å². The third kappa shape index (κ3) is 2.88. The maximum Gasteiger partial charge on any atom is 0.326 e. The second kappa shape index (κ2) is 6.38. The summed E-state index contributed by atoms with van der Waals surface area (Å²) in [5.74, 6) is -0.245. The number of aromatic nitrogens is 3. The molecule has 0 radical (unpaired) electrons. The fourth-order valence-corrected chi connectivity index (χ4v) is 3.68. The van der Waals surface area contributed by atoms with E-state index in [-0.39, 0.29) is 18.7 Å². The maximum atomic E-state index is 12.6. The Morgan fingerprint density at radius 1 is 1.31 bits per heavy atom. The number of carbonyl (C=O) groups is 1. The zero-order chi connectivity index (χ0) is 18.3. The number of nitrogens with zero attached hydrogens (tertiary/aromatic N) is 3. The van der Waals surface area contributed by atoms with Crippen LogP contribution >= 0.6 is 11.3 Å². The zero-order valence-electron chi connectivity index (χ0n) is 14.2. The molecular formula is C18H15N3O4S. The van der Waals surface area contributed by atoms with Gasteiger partial charge in [-0.25, -0.2) is 9.97 Å². The molecule has 132 valence electrons. The van der Waals surface area contributed by atoms with Crippen molar-refractivity contribution in [2.24, 2.45) is 0 Å². The van der Waals surface area contributed by atoms with E-state index in [2.05, 4.69) is 9.97 Å². The minimum absolute atomic E-state index is 0.0888. The molecule has 0 aliphatic rings. The number of para-hydroxylation sites is 2. The predicted molar refractivity (Wildman–Crippen MR) is 97.2 cm³/mol. The molecule has 0 N–H and O–H groups in total. The molecule has 0 aliphatic carbocycles. The summed E-state index contributed by atoms with van der Waals surface area (Å²) in [7, 11) is 0. The molecule has 0 saturated heterocycles. The first-order valence-corrected chi connectivity index (χ1v) is 8.80. The number of aryl methyl sites for hydroxylation is 2. The Bertz CT molecular complexity index is 1160. The van der Waals surface area contributed by atoms with Crippen LogP contribution in [0.15, 0.2) is 39.8 Å². The van der Waals surface area contributed by atoms with Crippen molar-refractivity contribution < 1.29 is 13.9 Å². The molecular weight excluding hydrogens is 354 g/mol. The highest BCUT2D eigenvalue weighted by Crippen LogP contribution is 2.25. The quantitative estimate of drug-likeness (QED) is 0.514. The van der Waals surface area contributed by atoms with Crippen molar-refractivity contribution in [3.63, 3.8) is 0 Å². The summed E-state index contributed by atoms with van der Waals surface area (Å²) in [6.45, 7) is 3.53. The van der Waals surface area contributed by atoms with E-state index in [0.29, 0.717) is 27.2 Å². The van der Waals surface area contributed by atoms with Crippen LogP contribution in [0.5, 0.6) is 0 Å². The maximum absolute atomic E-state index is 12.6. The second-order valence-electron chi connectivity index (χ2n) is 5.88. The average Bonchev–Trinajstić information content (AvgIpc) is 3.17. The minimum Gasteiger partial charge on any atom is -0.454 e. The van der Waals surface area contributed by atoms with Gasteiger partial charge in [0.05, 0.1) is 11.7 Å². The Hall–Kier alpha value is -3.00. The number of esters is 1. The smallest absolute Gasteiger partial charge is 0.326 e. The van der Waals surface area contributed by atoms with Gasteiger partial charge >= 0.3 is 5.97 Å². The molecule has 4 aromatic rings. The molecule has 4 rings (SSSR count). The SMILES string of the molecule is Cc1sc2ncn(CC(=O)OCc3nc4ccccc4o3)c(=O)c2c1C. The first-order chi connectivity index (χ1) is 12.5. The van der Waals surface area contributed by atoms with Crippen molar-refractivity contribution in [2.45, 2.75) is 27.0 Å². The molecule has 3 heterocycles. The molecule has 0 amide bonds. The van der Waals surface area contributed by atoms with E-state index in [1.165, 1.54) is 22.2 Å². The van der Waals surface area contributed by atoms with E-state index < -0.39 is 5.97 Å². The number of carbonyl (C=O) groups excluding carboxylic acids is 1. The molecule has 0 spiro atoms. The predicted octanol–water partition coefficient (Wildman–Crippen LogP) is 2.96. The topological polar surface area (TPSA) is 87.2 Å². The van der Waals surface area contributed by atoms with Gasteiger partial charge in [-0.15, -0.1) is 11.3 Å². The van der Waals surface area contributed by atoms with Crippen molar-refractivity contribution >= 4 is 38.6 Å². The van der Waals surface area contributed by atoms with Gasteiger partial charge in [-0.3, -0.25) is 14.2 Å². The molecule has 0 saturated carbocycles. The van der Waals surface area contributed by atoms with Gasteiger partial charge in [-0.1, -0.05) is 12.1 Å². The summed E-state index contributed by atoms with van der Waals surface area (Å²) in [5, 5.41) is 0.557. The third-order valence-electron chi connectivity index (χ3n) is 4.15. The van der Waals surface area contributed by atoms with Crippen LogP contribution in [-0.4, -0.2) is 20.5 Å². The van der Waals surface area contributed by atoms with Crippen LogP contribution in [0.3, 0.4) is 0 Å². The summed E-state index contributed by atoms with van der Waals surface area (Å²) in [4.78, 5) is 34.9. The lowest BCUT2D eigenvalue weighted by atomic mass is 10.2. The van der Waals surface area contributed by atoms with Crippen LogP contribution in [0.4, 0.5) is 0 Å². The lowest BCUT2D eigenvalue weighted by molar-refractivity contribution is -0.146. The standard InChI is InChI=1S/C18H15N3O4S/c1-10-11(2)26-17-16(10)18(23)21(9-19-17)7-15(22)24-8-14-20-12-5-3-4-6-13(12)25-14/h3-6,9H,7-8H2,1-2H3. The van der Waals surface area contributed by atoms with Gasteiger partial charge in [0.15, 0.2) is 12.2 Å². The van der Waals surface area contributed by atoms with E-state index in [4.69, 9.17) is 9.15 Å². The number of thiophene rings is 1. The lowest BCUT2D eigenvalue weighted by Gasteiger charge is -2.05. The fraction of sp³-hybridized carbons (Fsp3) is 0.222. The highest BCUT2D eigenvalue weighted by atomic mass is 32.1. The number of rotatable bonds is 4. The van der Waals surface area contributed by atoms with Gasteiger partial charge in [-0.05, 0) is 31.5 Å². The third-order valence-corrected chi connectivity index (χ3v) is 5.27. The highest BCUT2D eigenvalue weighted by Gasteiger charge is 2.15. The summed E-state index contributed by atoms with van der Waals surface area (Å²) in [6, 6.07) is 7.30. The minimum atomic E-state index is -0.555. The summed E-state index contributed by atoms with van der Waals surface area (Å²) in [6.07, 6.45) is 1.38. The van der Waals surface area contributed by atoms with Crippen LogP contribution < -0.4 is 5.56 Å². The van der Waals surface area contributed by atoms with Crippen LogP contribution in [0, 0.1) is 13.8 Å². The van der Waals surface area contributed by atoms with Gasteiger partial charge in [0.2, 0.25) is 5.89 Å². The number of hydrogen-bond donors (Lipinski definition) is 0. The van der Waals surface area contributed by atoms with Crippen LogP contribution in [0.25, 0.3) is 21.3 Å². The monoisotopic (exact) mass is 369 g/mol. The van der Waals surface area contributed by atoms with E-state index in [1.54, 1.807) is 6.07 Å². The molecule has 3 aromatic heterocycles. The second-order valence-corrected chi connectivity index (χ2v) is 7.08. The first-order valence-electron chi connectivity index (χ1n) is 7.98. The van der Waals surface area contributed by atoms with E-state index >= 15 is 0 Å². The van der Waals surface area contributed by atoms with Crippen LogP contribution in [-0.2, 0) is 22.7 Å². The highest BCUT2D eigenvalue weighted by molar-refractivity contribution is 7.18. The lowest BCUT2D eigenvalue weighted by Crippen LogP contribution is -2.25. The number of fused-ring (bicyclic) bond motifs is 2. The van der Waals surface area contributed by atoms with Crippen molar-refractivity contribution in [3.05, 3.63) is 57.3 Å². The van der Waals surface area contributed by atoms with Gasteiger partial charge in [0.1, 0.15) is 16.9 Å².